The lowest BCUT2D eigenvalue weighted by atomic mass is 9.53. The predicted molar refractivity (Wildman–Crippen MR) is 116 cm³/mol. The summed E-state index contributed by atoms with van der Waals surface area (Å²) >= 11 is 0. The van der Waals surface area contributed by atoms with Crippen molar-refractivity contribution < 1.29 is 9.59 Å². The van der Waals surface area contributed by atoms with Crippen LogP contribution >= 0.6 is 0 Å². The molecule has 29 heavy (non-hydrogen) atoms. The first-order valence-corrected chi connectivity index (χ1v) is 11.1. The van der Waals surface area contributed by atoms with Crippen molar-refractivity contribution in [1.29, 1.82) is 0 Å². The summed E-state index contributed by atoms with van der Waals surface area (Å²) in [5.74, 6) is 2.25. The molecule has 4 saturated carbocycles. The Bertz CT molecular complexity index is 754. The van der Waals surface area contributed by atoms with Crippen LogP contribution in [0.2, 0.25) is 0 Å². The highest BCUT2D eigenvalue weighted by atomic mass is 16.2. The number of hydrogen-bond acceptors (Lipinski definition) is 3. The number of hydrogen-bond donors (Lipinski definition) is 3. The first-order chi connectivity index (χ1) is 13.9. The van der Waals surface area contributed by atoms with Crippen molar-refractivity contribution in [3.63, 3.8) is 0 Å². The fourth-order valence-corrected chi connectivity index (χ4v) is 6.19. The lowest BCUT2D eigenvalue weighted by Gasteiger charge is -2.56. The first kappa shape index (κ1) is 20.0. The van der Waals surface area contributed by atoms with Crippen LogP contribution in [-0.2, 0) is 0 Å². The molecule has 0 spiro atoms. The molecule has 3 N–H and O–H groups in total. The Morgan fingerprint density at radius 3 is 2.24 bits per heavy atom. The van der Waals surface area contributed by atoms with Crippen LogP contribution in [0.4, 0.5) is 16.2 Å². The molecule has 4 aliphatic rings. The van der Waals surface area contributed by atoms with Crippen LogP contribution in [0.25, 0.3) is 0 Å². The number of urea groups is 1. The molecule has 0 heterocycles. The highest BCUT2D eigenvalue weighted by molar-refractivity contribution is 6.02. The molecule has 0 aromatic heterocycles. The largest absolute Gasteiger partial charge is 0.377 e. The molecule has 1 aromatic carbocycles. The summed E-state index contributed by atoms with van der Waals surface area (Å²) in [6, 6.07) is 5.39. The number of nitrogens with zero attached hydrogens (tertiary/aromatic N) is 1. The van der Waals surface area contributed by atoms with Gasteiger partial charge in [0.1, 0.15) is 0 Å². The Balaban J connectivity index is 1.46. The molecular formula is C23H34N4O2. The van der Waals surface area contributed by atoms with Crippen LogP contribution in [0.1, 0.15) is 62.2 Å². The average molecular weight is 399 g/mol. The van der Waals surface area contributed by atoms with E-state index in [-0.39, 0.29) is 17.5 Å². The maximum atomic E-state index is 12.8. The third kappa shape index (κ3) is 4.21. The molecule has 0 unspecified atom stereocenters. The van der Waals surface area contributed by atoms with Gasteiger partial charge in [0.2, 0.25) is 0 Å². The maximum absolute atomic E-state index is 12.8. The number of amides is 3. The van der Waals surface area contributed by atoms with Crippen molar-refractivity contribution in [2.45, 2.75) is 57.4 Å². The van der Waals surface area contributed by atoms with Gasteiger partial charge in [-0.05, 0) is 80.9 Å². The van der Waals surface area contributed by atoms with Gasteiger partial charge in [0.05, 0.1) is 5.56 Å². The van der Waals surface area contributed by atoms with Crippen LogP contribution in [0.15, 0.2) is 18.2 Å². The minimum absolute atomic E-state index is 0.0241. The number of carbonyl (C=O) groups is 2. The molecular weight excluding hydrogens is 364 g/mol. The lowest BCUT2D eigenvalue weighted by Crippen LogP contribution is -2.60. The van der Waals surface area contributed by atoms with E-state index >= 15 is 0 Å². The molecule has 6 nitrogen and oxygen atoms in total. The van der Waals surface area contributed by atoms with Gasteiger partial charge in [0.15, 0.2) is 0 Å². The van der Waals surface area contributed by atoms with E-state index in [1.807, 2.05) is 38.1 Å². The van der Waals surface area contributed by atoms with E-state index in [1.165, 1.54) is 19.3 Å². The van der Waals surface area contributed by atoms with E-state index in [9.17, 15) is 9.59 Å². The van der Waals surface area contributed by atoms with Crippen LogP contribution in [0, 0.1) is 17.8 Å². The molecule has 0 atom stereocenters. The van der Waals surface area contributed by atoms with E-state index < -0.39 is 0 Å². The molecule has 3 amide bonds. The molecule has 0 radical (unpaired) electrons. The van der Waals surface area contributed by atoms with E-state index in [0.29, 0.717) is 17.8 Å². The molecule has 4 fully saturated rings. The van der Waals surface area contributed by atoms with Crippen molar-refractivity contribution in [1.82, 2.24) is 10.6 Å². The zero-order valence-electron chi connectivity index (χ0n) is 17.9. The smallest absolute Gasteiger partial charge is 0.319 e. The van der Waals surface area contributed by atoms with E-state index in [4.69, 9.17) is 0 Å². The van der Waals surface area contributed by atoms with E-state index in [1.54, 1.807) is 6.07 Å². The van der Waals surface area contributed by atoms with Crippen molar-refractivity contribution in [3.05, 3.63) is 23.8 Å². The zero-order chi connectivity index (χ0) is 20.6. The summed E-state index contributed by atoms with van der Waals surface area (Å²) in [7, 11) is 3.83. The molecule has 0 saturated heterocycles. The van der Waals surface area contributed by atoms with Gasteiger partial charge in [-0.15, -0.1) is 0 Å². The van der Waals surface area contributed by atoms with E-state index in [2.05, 4.69) is 16.0 Å². The fourth-order valence-electron chi connectivity index (χ4n) is 6.19. The Morgan fingerprint density at radius 1 is 1.07 bits per heavy atom. The topological polar surface area (TPSA) is 73.5 Å². The second kappa shape index (κ2) is 7.88. The molecule has 6 heteroatoms. The van der Waals surface area contributed by atoms with Crippen LogP contribution in [-0.4, -0.2) is 38.1 Å². The highest BCUT2D eigenvalue weighted by Crippen LogP contribution is 2.55. The third-order valence-corrected chi connectivity index (χ3v) is 6.93. The third-order valence-electron chi connectivity index (χ3n) is 6.93. The zero-order valence-corrected chi connectivity index (χ0v) is 17.9. The van der Waals surface area contributed by atoms with Gasteiger partial charge in [0.25, 0.3) is 5.91 Å². The SMILES string of the molecule is CCCNC(=O)c1cc(NC(=O)NC23CC4CC(CC(C4)C2)C3)ccc1N(C)C. The lowest BCUT2D eigenvalue weighted by molar-refractivity contribution is -0.0127. The van der Waals surface area contributed by atoms with Gasteiger partial charge in [-0.25, -0.2) is 4.79 Å². The predicted octanol–water partition coefficient (Wildman–Crippen LogP) is 3.98. The van der Waals surface area contributed by atoms with Gasteiger partial charge in [-0.1, -0.05) is 6.92 Å². The fraction of sp³-hybridized carbons (Fsp3) is 0.652. The van der Waals surface area contributed by atoms with Crippen LogP contribution in [0.3, 0.4) is 0 Å². The molecule has 158 valence electrons. The number of carbonyl (C=O) groups excluding carboxylic acids is 2. The summed E-state index contributed by atoms with van der Waals surface area (Å²) in [6.45, 7) is 2.66. The number of benzene rings is 1. The monoisotopic (exact) mass is 398 g/mol. The standard InChI is InChI=1S/C23H34N4O2/c1-4-7-24-21(28)19-11-18(5-6-20(19)27(2)3)25-22(29)26-23-12-15-8-16(13-23)10-17(9-15)14-23/h5-6,11,15-17H,4,7-10,12-14H2,1-3H3,(H,24,28)(H2,25,26,29). The molecule has 5 rings (SSSR count). The van der Waals surface area contributed by atoms with Crippen LogP contribution in [0.5, 0.6) is 0 Å². The Morgan fingerprint density at radius 2 is 1.69 bits per heavy atom. The van der Waals surface area contributed by atoms with Crippen molar-refractivity contribution in [2.24, 2.45) is 17.8 Å². The first-order valence-electron chi connectivity index (χ1n) is 11.1. The minimum atomic E-state index is -0.149. The van der Waals surface area contributed by atoms with Gasteiger partial charge in [-0.2, -0.15) is 0 Å². The average Bonchev–Trinajstić information content (AvgIpc) is 2.64. The highest BCUT2D eigenvalue weighted by Gasteiger charge is 2.51. The molecule has 1 aromatic rings. The Labute approximate surface area is 173 Å². The van der Waals surface area contributed by atoms with Crippen molar-refractivity contribution >= 4 is 23.3 Å². The molecule has 4 bridgehead atoms. The van der Waals surface area contributed by atoms with Crippen molar-refractivity contribution in [3.8, 4) is 0 Å². The van der Waals surface area contributed by atoms with Crippen LogP contribution < -0.4 is 20.9 Å². The quantitative estimate of drug-likeness (QED) is 0.678. The summed E-state index contributed by atoms with van der Waals surface area (Å²) in [5, 5.41) is 9.25. The summed E-state index contributed by atoms with van der Waals surface area (Å²) in [5.41, 5.74) is 2.05. The normalized spacial score (nSPS) is 29.4. The Hall–Kier alpha value is -2.24. The summed E-state index contributed by atoms with van der Waals surface area (Å²) < 4.78 is 0. The second-order valence-corrected chi connectivity index (χ2v) is 9.66. The minimum Gasteiger partial charge on any atom is -0.377 e. The van der Waals surface area contributed by atoms with Crippen molar-refractivity contribution in [2.75, 3.05) is 30.9 Å². The molecule has 4 aliphatic carbocycles. The maximum Gasteiger partial charge on any atom is 0.319 e. The van der Waals surface area contributed by atoms with Gasteiger partial charge in [-0.3, -0.25) is 4.79 Å². The van der Waals surface area contributed by atoms with Gasteiger partial charge in [0, 0.05) is 37.6 Å². The summed E-state index contributed by atoms with van der Waals surface area (Å²) in [6.07, 6.45) is 8.30. The van der Waals surface area contributed by atoms with Gasteiger partial charge >= 0.3 is 6.03 Å². The number of rotatable bonds is 6. The van der Waals surface area contributed by atoms with E-state index in [0.717, 1.165) is 49.1 Å². The summed E-state index contributed by atoms with van der Waals surface area (Å²) in [4.78, 5) is 27.4. The molecule has 0 aliphatic heterocycles. The number of nitrogens with one attached hydrogen (secondary N) is 3. The Kier molecular flexibility index (Phi) is 5.45. The number of anilines is 2. The second-order valence-electron chi connectivity index (χ2n) is 9.66. The van der Waals surface area contributed by atoms with Gasteiger partial charge < -0.3 is 20.9 Å².